The number of hydrogen-bond donors (Lipinski definition) is 1. The molecule has 7 aromatic rings. The standard InChI is InChI=1S/C42H33F4N7O4/c43-34-12-5-26(24-37-30-3-1-2-4-31(30)40(55)49-48-37)23-33(34)41(56)52-19-17-51(18-20-52)29-10-11-32-36(25-29)47-16-15-38(32)57-22-21-53-39(54)14-13-35(50-53)27-6-8-28(9-7-27)42(44,45)46/h1-16,23,25H,17-22,24H2,(H,49,55). The number of carbonyl (C=O) groups excluding carboxylic acids is 1. The number of amides is 1. The lowest BCUT2D eigenvalue weighted by molar-refractivity contribution is -0.137. The van der Waals surface area contributed by atoms with E-state index < -0.39 is 23.5 Å². The summed E-state index contributed by atoms with van der Waals surface area (Å²) in [6, 6.07) is 26.4. The average molecular weight is 776 g/mol. The molecule has 0 bridgehead atoms. The topological polar surface area (TPSA) is 126 Å². The van der Waals surface area contributed by atoms with Gasteiger partial charge in [0.25, 0.3) is 17.0 Å². The zero-order valence-electron chi connectivity index (χ0n) is 30.2. The number of benzene rings is 4. The number of hydrogen-bond acceptors (Lipinski definition) is 8. The van der Waals surface area contributed by atoms with Crippen LogP contribution in [0.15, 0.2) is 119 Å². The second kappa shape index (κ2) is 15.3. The Labute approximate surface area is 321 Å². The maximum absolute atomic E-state index is 15.1. The van der Waals surface area contributed by atoms with Crippen LogP contribution in [0.3, 0.4) is 0 Å². The molecular formula is C42H33F4N7O4. The molecule has 4 aromatic carbocycles. The molecule has 1 amide bonds. The molecule has 15 heteroatoms. The first-order valence-corrected chi connectivity index (χ1v) is 18.1. The van der Waals surface area contributed by atoms with E-state index in [1.54, 1.807) is 41.4 Å². The summed E-state index contributed by atoms with van der Waals surface area (Å²) in [6.07, 6.45) is -2.54. The Bertz CT molecular complexity index is 2740. The summed E-state index contributed by atoms with van der Waals surface area (Å²) in [5.74, 6) is -0.471. The van der Waals surface area contributed by atoms with Crippen molar-refractivity contribution in [2.75, 3.05) is 37.7 Å². The highest BCUT2D eigenvalue weighted by molar-refractivity contribution is 5.95. The number of alkyl halides is 3. The summed E-state index contributed by atoms with van der Waals surface area (Å²) in [5.41, 5.74) is 2.18. The van der Waals surface area contributed by atoms with E-state index in [9.17, 15) is 27.6 Å². The minimum Gasteiger partial charge on any atom is -0.491 e. The van der Waals surface area contributed by atoms with E-state index in [1.807, 2.05) is 30.3 Å². The number of ether oxygens (including phenoxy) is 1. The van der Waals surface area contributed by atoms with Crippen molar-refractivity contribution >= 4 is 33.3 Å². The number of fused-ring (bicyclic) bond motifs is 2. The molecule has 1 aliphatic heterocycles. The quantitative estimate of drug-likeness (QED) is 0.165. The zero-order valence-corrected chi connectivity index (χ0v) is 30.2. The van der Waals surface area contributed by atoms with Gasteiger partial charge in [-0.25, -0.2) is 14.2 Å². The van der Waals surface area contributed by atoms with Gasteiger partial charge in [0.15, 0.2) is 0 Å². The smallest absolute Gasteiger partial charge is 0.416 e. The van der Waals surface area contributed by atoms with Crippen molar-refractivity contribution in [3.63, 3.8) is 0 Å². The van der Waals surface area contributed by atoms with E-state index >= 15 is 4.39 Å². The van der Waals surface area contributed by atoms with Crippen LogP contribution in [0.5, 0.6) is 5.75 Å². The first-order valence-electron chi connectivity index (χ1n) is 18.1. The van der Waals surface area contributed by atoms with Crippen LogP contribution in [0, 0.1) is 5.82 Å². The highest BCUT2D eigenvalue weighted by Crippen LogP contribution is 2.31. The van der Waals surface area contributed by atoms with Gasteiger partial charge in [0, 0.05) is 66.9 Å². The average Bonchev–Trinajstić information content (AvgIpc) is 3.22. The SMILES string of the molecule is O=C(c1cc(Cc2n[nH]c(=O)c3ccccc23)ccc1F)N1CCN(c2ccc3c(OCCn4nc(-c5ccc(C(F)(F)F)cc5)ccc4=O)ccnc3c2)CC1. The van der Waals surface area contributed by atoms with Gasteiger partial charge in [-0.05, 0) is 66.2 Å². The molecule has 0 saturated carbocycles. The van der Waals surface area contributed by atoms with Crippen LogP contribution in [0.25, 0.3) is 32.9 Å². The number of aromatic amines is 1. The number of carbonyl (C=O) groups is 1. The van der Waals surface area contributed by atoms with Crippen LogP contribution in [0.2, 0.25) is 0 Å². The summed E-state index contributed by atoms with van der Waals surface area (Å²) in [5, 5.41) is 13.0. The minimum atomic E-state index is -4.46. The highest BCUT2D eigenvalue weighted by atomic mass is 19.4. The van der Waals surface area contributed by atoms with Gasteiger partial charge >= 0.3 is 6.18 Å². The molecule has 1 fully saturated rings. The fraction of sp³-hybridized carbons (Fsp3) is 0.190. The van der Waals surface area contributed by atoms with Crippen LogP contribution in [0.4, 0.5) is 23.2 Å². The Morgan fingerprint density at radius 3 is 2.37 bits per heavy atom. The number of rotatable bonds is 9. The molecule has 4 heterocycles. The predicted octanol–water partition coefficient (Wildman–Crippen LogP) is 6.49. The molecule has 3 aromatic heterocycles. The number of piperazine rings is 1. The fourth-order valence-corrected chi connectivity index (χ4v) is 6.95. The number of nitrogens with zero attached hydrogens (tertiary/aromatic N) is 6. The summed E-state index contributed by atoms with van der Waals surface area (Å²) in [4.78, 5) is 46.6. The third-order valence-corrected chi connectivity index (χ3v) is 9.96. The first kappa shape index (κ1) is 37.0. The number of nitrogens with one attached hydrogen (secondary N) is 1. The summed E-state index contributed by atoms with van der Waals surface area (Å²) in [7, 11) is 0. The van der Waals surface area contributed by atoms with Gasteiger partial charge in [-0.15, -0.1) is 0 Å². The van der Waals surface area contributed by atoms with Crippen LogP contribution < -0.4 is 20.8 Å². The zero-order chi connectivity index (χ0) is 39.7. The molecule has 11 nitrogen and oxygen atoms in total. The van der Waals surface area contributed by atoms with Crippen LogP contribution in [0.1, 0.15) is 27.2 Å². The maximum atomic E-state index is 15.1. The lowest BCUT2D eigenvalue weighted by atomic mass is 10.0. The van der Waals surface area contributed by atoms with E-state index in [1.165, 1.54) is 35.0 Å². The van der Waals surface area contributed by atoms with E-state index in [2.05, 4.69) is 25.2 Å². The molecule has 8 rings (SSSR count). The molecule has 0 atom stereocenters. The van der Waals surface area contributed by atoms with Crippen molar-refractivity contribution in [2.45, 2.75) is 19.1 Å². The molecule has 1 aliphatic rings. The molecule has 1 N–H and O–H groups in total. The Kier molecular flexibility index (Phi) is 9.96. The Morgan fingerprint density at radius 1 is 0.825 bits per heavy atom. The van der Waals surface area contributed by atoms with E-state index in [0.717, 1.165) is 23.2 Å². The van der Waals surface area contributed by atoms with Gasteiger partial charge in [-0.3, -0.25) is 19.4 Å². The Balaban J connectivity index is 0.898. The summed E-state index contributed by atoms with van der Waals surface area (Å²) in [6.45, 7) is 1.94. The van der Waals surface area contributed by atoms with E-state index in [4.69, 9.17) is 4.74 Å². The van der Waals surface area contributed by atoms with Crippen molar-refractivity contribution in [3.8, 4) is 17.0 Å². The molecule has 57 heavy (non-hydrogen) atoms. The third kappa shape index (κ3) is 7.81. The van der Waals surface area contributed by atoms with Crippen molar-refractivity contribution in [1.29, 1.82) is 0 Å². The molecule has 0 unspecified atom stereocenters. The van der Waals surface area contributed by atoms with Gasteiger partial charge < -0.3 is 14.5 Å². The molecular weight excluding hydrogens is 742 g/mol. The van der Waals surface area contributed by atoms with Crippen molar-refractivity contribution in [2.24, 2.45) is 0 Å². The number of aromatic nitrogens is 5. The summed E-state index contributed by atoms with van der Waals surface area (Å²) >= 11 is 0. The van der Waals surface area contributed by atoms with Gasteiger partial charge in [-0.1, -0.05) is 36.4 Å². The van der Waals surface area contributed by atoms with Gasteiger partial charge in [-0.2, -0.15) is 23.4 Å². The predicted molar refractivity (Wildman–Crippen MR) is 206 cm³/mol. The van der Waals surface area contributed by atoms with Crippen LogP contribution in [-0.4, -0.2) is 68.6 Å². The Hall–Kier alpha value is -6.90. The molecule has 0 aliphatic carbocycles. The largest absolute Gasteiger partial charge is 0.491 e. The van der Waals surface area contributed by atoms with Gasteiger partial charge in [0.05, 0.1) is 40.0 Å². The normalized spacial score (nSPS) is 13.3. The highest BCUT2D eigenvalue weighted by Gasteiger charge is 2.30. The van der Waals surface area contributed by atoms with Crippen molar-refractivity contribution in [3.05, 3.63) is 158 Å². The van der Waals surface area contributed by atoms with E-state index in [-0.39, 0.29) is 29.8 Å². The second-order valence-electron chi connectivity index (χ2n) is 13.5. The number of pyridine rings is 1. The summed E-state index contributed by atoms with van der Waals surface area (Å²) < 4.78 is 61.3. The molecule has 1 saturated heterocycles. The lowest BCUT2D eigenvalue weighted by Crippen LogP contribution is -2.49. The molecule has 0 spiro atoms. The molecule has 0 radical (unpaired) electrons. The van der Waals surface area contributed by atoms with E-state index in [0.29, 0.717) is 77.2 Å². The third-order valence-electron chi connectivity index (χ3n) is 9.96. The number of halogens is 4. The monoisotopic (exact) mass is 775 g/mol. The number of anilines is 1. The fourth-order valence-electron chi connectivity index (χ4n) is 6.95. The van der Waals surface area contributed by atoms with Crippen LogP contribution in [-0.2, 0) is 19.1 Å². The Morgan fingerprint density at radius 2 is 1.60 bits per heavy atom. The lowest BCUT2D eigenvalue weighted by Gasteiger charge is -2.36. The minimum absolute atomic E-state index is 0.0235. The number of H-pyrrole nitrogens is 1. The van der Waals surface area contributed by atoms with Crippen molar-refractivity contribution in [1.82, 2.24) is 29.9 Å². The van der Waals surface area contributed by atoms with Crippen molar-refractivity contribution < 1.29 is 27.1 Å². The maximum Gasteiger partial charge on any atom is 0.416 e. The first-order chi connectivity index (χ1) is 27.5. The molecule has 288 valence electrons. The second-order valence-corrected chi connectivity index (χ2v) is 13.5. The van der Waals surface area contributed by atoms with Gasteiger partial charge in [0.1, 0.15) is 18.2 Å². The van der Waals surface area contributed by atoms with Gasteiger partial charge in [0.2, 0.25) is 0 Å². The van der Waals surface area contributed by atoms with Crippen LogP contribution >= 0.6 is 0 Å².